The predicted octanol–water partition coefficient (Wildman–Crippen LogP) is 4.98. The highest BCUT2D eigenvalue weighted by Crippen LogP contribution is 2.36. The highest BCUT2D eigenvalue weighted by molar-refractivity contribution is 5.81. The number of carboxylic acids is 1. The number of rotatable bonds is 7. The lowest BCUT2D eigenvalue weighted by atomic mass is 9.93. The number of ether oxygens (including phenoxy) is 1. The molecule has 0 fully saturated rings. The minimum absolute atomic E-state index is 0.0550. The molecule has 3 aromatic carbocycles. The molecule has 152 valence electrons. The first-order chi connectivity index (χ1) is 14.5. The molecule has 1 aliphatic rings. The smallest absolute Gasteiger partial charge is 0.307 e. The molecule has 0 saturated carbocycles. The number of carbonyl (C=O) groups is 1. The van der Waals surface area contributed by atoms with E-state index in [4.69, 9.17) is 15.6 Å². The van der Waals surface area contributed by atoms with E-state index in [-0.39, 0.29) is 6.42 Å². The third-order valence-corrected chi connectivity index (χ3v) is 5.37. The van der Waals surface area contributed by atoms with Gasteiger partial charge in [0.15, 0.2) is 0 Å². The van der Waals surface area contributed by atoms with Crippen LogP contribution < -0.4 is 10.5 Å². The average molecular weight is 399 g/mol. The van der Waals surface area contributed by atoms with Crippen molar-refractivity contribution in [2.24, 2.45) is 5.73 Å². The van der Waals surface area contributed by atoms with Gasteiger partial charge in [-0.2, -0.15) is 0 Å². The Morgan fingerprint density at radius 1 is 1.07 bits per heavy atom. The Bertz CT molecular complexity index is 1130. The third kappa shape index (κ3) is 4.29. The molecular weight excluding hydrogens is 374 g/mol. The van der Waals surface area contributed by atoms with Crippen LogP contribution in [0.4, 0.5) is 0 Å². The Morgan fingerprint density at radius 3 is 2.70 bits per heavy atom. The van der Waals surface area contributed by atoms with Crippen molar-refractivity contribution in [3.8, 4) is 16.9 Å². The maximum absolute atomic E-state index is 11.1. The summed E-state index contributed by atoms with van der Waals surface area (Å²) in [7, 11) is 0. The van der Waals surface area contributed by atoms with Gasteiger partial charge in [-0.15, -0.1) is 0 Å². The van der Waals surface area contributed by atoms with Crippen LogP contribution in [0.1, 0.15) is 34.7 Å². The van der Waals surface area contributed by atoms with Crippen molar-refractivity contribution >= 4 is 12.0 Å². The molecule has 4 rings (SSSR count). The standard InChI is InChI=1S/C26H25NO3/c1-17-9-22-12-19(16-30-25-8-3-2-6-21(25)14-26(28)29)13-24(23(22)10-17)20-7-4-5-18(11-20)15-27/h2-8,10-13H,9,14-16,27H2,1H3,(H,28,29). The first-order valence-corrected chi connectivity index (χ1v) is 10.1. The zero-order valence-corrected chi connectivity index (χ0v) is 17.0. The van der Waals surface area contributed by atoms with Crippen molar-refractivity contribution in [3.63, 3.8) is 0 Å². The van der Waals surface area contributed by atoms with E-state index in [1.54, 1.807) is 6.07 Å². The van der Waals surface area contributed by atoms with E-state index in [1.165, 1.54) is 22.3 Å². The number of carboxylic acid groups (broad SMARTS) is 1. The van der Waals surface area contributed by atoms with Crippen LogP contribution >= 0.6 is 0 Å². The van der Waals surface area contributed by atoms with Crippen molar-refractivity contribution < 1.29 is 14.6 Å². The summed E-state index contributed by atoms with van der Waals surface area (Å²) in [6.45, 7) is 3.04. The van der Waals surface area contributed by atoms with Gasteiger partial charge in [-0.05, 0) is 64.9 Å². The van der Waals surface area contributed by atoms with Crippen molar-refractivity contribution in [2.75, 3.05) is 0 Å². The van der Waals surface area contributed by atoms with Crippen molar-refractivity contribution in [1.29, 1.82) is 0 Å². The van der Waals surface area contributed by atoms with Gasteiger partial charge in [0.2, 0.25) is 0 Å². The zero-order valence-electron chi connectivity index (χ0n) is 17.0. The summed E-state index contributed by atoms with van der Waals surface area (Å²) in [4.78, 5) is 11.1. The van der Waals surface area contributed by atoms with E-state index in [2.05, 4.69) is 37.3 Å². The minimum atomic E-state index is -0.868. The summed E-state index contributed by atoms with van der Waals surface area (Å²) in [5.41, 5.74) is 14.9. The molecule has 0 spiro atoms. The lowest BCUT2D eigenvalue weighted by molar-refractivity contribution is -0.136. The number of fused-ring (bicyclic) bond motifs is 1. The van der Waals surface area contributed by atoms with Crippen LogP contribution in [0.15, 0.2) is 66.2 Å². The van der Waals surface area contributed by atoms with E-state index in [9.17, 15) is 4.79 Å². The summed E-state index contributed by atoms with van der Waals surface area (Å²) in [6.07, 6.45) is 3.13. The molecule has 0 saturated heterocycles. The monoisotopic (exact) mass is 399 g/mol. The molecule has 0 atom stereocenters. The Labute approximate surface area is 176 Å². The molecular formula is C26H25NO3. The molecule has 4 heteroatoms. The van der Waals surface area contributed by atoms with Gasteiger partial charge < -0.3 is 15.6 Å². The number of para-hydroxylation sites is 1. The van der Waals surface area contributed by atoms with E-state index < -0.39 is 5.97 Å². The van der Waals surface area contributed by atoms with Crippen LogP contribution in [0.2, 0.25) is 0 Å². The second-order valence-corrected chi connectivity index (χ2v) is 7.76. The highest BCUT2D eigenvalue weighted by Gasteiger charge is 2.17. The van der Waals surface area contributed by atoms with Gasteiger partial charge in [0.05, 0.1) is 6.42 Å². The lowest BCUT2D eigenvalue weighted by Crippen LogP contribution is -2.04. The van der Waals surface area contributed by atoms with Crippen LogP contribution in [0, 0.1) is 0 Å². The molecule has 4 nitrogen and oxygen atoms in total. The van der Waals surface area contributed by atoms with E-state index in [0.29, 0.717) is 24.5 Å². The van der Waals surface area contributed by atoms with Crippen molar-refractivity contribution in [2.45, 2.75) is 32.9 Å². The van der Waals surface area contributed by atoms with Crippen LogP contribution in [0.3, 0.4) is 0 Å². The fourth-order valence-electron chi connectivity index (χ4n) is 4.00. The molecule has 3 aromatic rings. The van der Waals surface area contributed by atoms with Crippen LogP contribution in [0.5, 0.6) is 5.75 Å². The number of nitrogens with two attached hydrogens (primary N) is 1. The Hall–Kier alpha value is -3.37. The molecule has 0 aromatic heterocycles. The van der Waals surface area contributed by atoms with Crippen molar-refractivity contribution in [1.82, 2.24) is 0 Å². The lowest BCUT2D eigenvalue weighted by Gasteiger charge is -2.15. The normalized spacial score (nSPS) is 12.4. The molecule has 0 radical (unpaired) electrons. The van der Waals surface area contributed by atoms with Crippen LogP contribution in [-0.2, 0) is 30.8 Å². The maximum atomic E-state index is 11.1. The second kappa shape index (κ2) is 8.56. The van der Waals surface area contributed by atoms with Gasteiger partial charge in [0.1, 0.15) is 12.4 Å². The van der Waals surface area contributed by atoms with E-state index >= 15 is 0 Å². The average Bonchev–Trinajstić information content (AvgIpc) is 3.12. The molecule has 0 amide bonds. The molecule has 3 N–H and O–H groups in total. The number of benzene rings is 3. The van der Waals surface area contributed by atoms with Gasteiger partial charge in [-0.3, -0.25) is 4.79 Å². The molecule has 0 bridgehead atoms. The summed E-state index contributed by atoms with van der Waals surface area (Å²) in [5, 5.41) is 9.14. The third-order valence-electron chi connectivity index (χ3n) is 5.37. The summed E-state index contributed by atoms with van der Waals surface area (Å²) < 4.78 is 6.05. The predicted molar refractivity (Wildman–Crippen MR) is 119 cm³/mol. The minimum Gasteiger partial charge on any atom is -0.489 e. The van der Waals surface area contributed by atoms with Gasteiger partial charge in [-0.1, -0.05) is 54.1 Å². The maximum Gasteiger partial charge on any atom is 0.307 e. The number of aliphatic carboxylic acids is 1. The largest absolute Gasteiger partial charge is 0.489 e. The molecule has 0 unspecified atom stereocenters. The number of hydrogen-bond donors (Lipinski definition) is 2. The quantitative estimate of drug-likeness (QED) is 0.588. The first-order valence-electron chi connectivity index (χ1n) is 10.1. The van der Waals surface area contributed by atoms with E-state index in [1.807, 2.05) is 30.3 Å². The summed E-state index contributed by atoms with van der Waals surface area (Å²) in [5.74, 6) is -0.256. The second-order valence-electron chi connectivity index (χ2n) is 7.76. The van der Waals surface area contributed by atoms with Gasteiger partial charge in [0.25, 0.3) is 0 Å². The fraction of sp³-hybridized carbons (Fsp3) is 0.192. The fourth-order valence-corrected chi connectivity index (χ4v) is 4.00. The Balaban J connectivity index is 1.66. The Kier molecular flexibility index (Phi) is 5.68. The summed E-state index contributed by atoms with van der Waals surface area (Å²) >= 11 is 0. The number of hydrogen-bond acceptors (Lipinski definition) is 3. The SMILES string of the molecule is CC1=Cc2c(cc(COc3ccccc3CC(=O)O)cc2-c2cccc(CN)c2)C1. The van der Waals surface area contributed by atoms with Crippen LogP contribution in [0.25, 0.3) is 17.2 Å². The molecule has 1 aliphatic carbocycles. The highest BCUT2D eigenvalue weighted by atomic mass is 16.5. The van der Waals surface area contributed by atoms with Crippen LogP contribution in [-0.4, -0.2) is 11.1 Å². The van der Waals surface area contributed by atoms with Crippen molar-refractivity contribution in [3.05, 3.63) is 94.1 Å². The number of allylic oxidation sites excluding steroid dienone is 1. The first kappa shape index (κ1) is 19.9. The Morgan fingerprint density at radius 2 is 1.90 bits per heavy atom. The topological polar surface area (TPSA) is 72.5 Å². The zero-order chi connectivity index (χ0) is 21.1. The molecule has 0 aliphatic heterocycles. The molecule has 30 heavy (non-hydrogen) atoms. The van der Waals surface area contributed by atoms with Gasteiger partial charge in [-0.25, -0.2) is 0 Å². The van der Waals surface area contributed by atoms with Gasteiger partial charge in [0, 0.05) is 12.1 Å². The summed E-state index contributed by atoms with van der Waals surface area (Å²) in [6, 6.07) is 20.0. The molecule has 0 heterocycles. The van der Waals surface area contributed by atoms with Gasteiger partial charge >= 0.3 is 5.97 Å². The van der Waals surface area contributed by atoms with E-state index in [0.717, 1.165) is 23.1 Å².